The summed E-state index contributed by atoms with van der Waals surface area (Å²) in [6.07, 6.45) is 0. The molecule has 4 aliphatic rings. The van der Waals surface area contributed by atoms with Crippen molar-refractivity contribution < 1.29 is 0 Å². The van der Waals surface area contributed by atoms with Crippen molar-refractivity contribution in [2.24, 2.45) is 0 Å². The van der Waals surface area contributed by atoms with Crippen LogP contribution in [0.25, 0.3) is 116 Å². The molecule has 0 fully saturated rings. The van der Waals surface area contributed by atoms with E-state index in [-0.39, 0.29) is 16.2 Å². The Morgan fingerprint density at radius 2 is 0.475 bits per heavy atom. The maximum absolute atomic E-state index is 4.77. The van der Waals surface area contributed by atoms with Gasteiger partial charge in [-0.25, -0.2) is 0 Å². The number of anilines is 6. The molecule has 19 rings (SSSR count). The van der Waals surface area contributed by atoms with Crippen LogP contribution in [0.5, 0.6) is 0 Å². The average Bonchev–Trinajstić information content (AvgIpc) is 1.51. The molecule has 2 nitrogen and oxygen atoms in total. The third kappa shape index (κ3) is 8.75. The normalized spacial score (nSPS) is 14.2. The van der Waals surface area contributed by atoms with Gasteiger partial charge in [0, 0.05) is 50.4 Å². The predicted molar refractivity (Wildman–Crippen MR) is 419 cm³/mol. The van der Waals surface area contributed by atoms with Gasteiger partial charge in [0.15, 0.2) is 0 Å². The largest absolute Gasteiger partial charge is 0.310 e. The minimum atomic E-state index is -0.223. The summed E-state index contributed by atoms with van der Waals surface area (Å²) >= 11 is 0. The van der Waals surface area contributed by atoms with E-state index < -0.39 is 0 Å². The molecule has 0 saturated carbocycles. The van der Waals surface area contributed by atoms with Crippen LogP contribution < -0.4 is 9.80 Å². The van der Waals surface area contributed by atoms with Crippen molar-refractivity contribution in [2.45, 2.75) is 57.8 Å². The van der Waals surface area contributed by atoms with Crippen LogP contribution in [-0.4, -0.2) is 0 Å². The van der Waals surface area contributed by atoms with Gasteiger partial charge in [-0.1, -0.05) is 291 Å². The van der Waals surface area contributed by atoms with Crippen LogP contribution in [0, 0.1) is 0 Å². The van der Waals surface area contributed by atoms with Crippen molar-refractivity contribution in [3.63, 3.8) is 0 Å². The van der Waals surface area contributed by atoms with Crippen molar-refractivity contribution >= 4 is 61.2 Å². The second kappa shape index (κ2) is 21.8. The summed E-state index contributed by atoms with van der Waals surface area (Å²) in [6.45, 7) is 19.1. The molecule has 4 aliphatic carbocycles. The van der Waals surface area contributed by atoms with Gasteiger partial charge in [-0.05, 0) is 233 Å². The van der Waals surface area contributed by atoms with Gasteiger partial charge < -0.3 is 9.80 Å². The molecule has 0 spiro atoms. The van der Waals surface area contributed by atoms with E-state index in [2.05, 4.69) is 367 Å². The van der Waals surface area contributed by atoms with Crippen LogP contribution in [0.2, 0.25) is 0 Å². The van der Waals surface area contributed by atoms with Gasteiger partial charge in [0.1, 0.15) is 0 Å². The van der Waals surface area contributed by atoms with Gasteiger partial charge in [-0.2, -0.15) is 0 Å². The van der Waals surface area contributed by atoms with Crippen LogP contribution >= 0.6 is 0 Å². The lowest BCUT2D eigenvalue weighted by Crippen LogP contribution is -2.18. The summed E-state index contributed by atoms with van der Waals surface area (Å²) in [6, 6.07) is 119. The second-order valence-corrected chi connectivity index (χ2v) is 29.2. The van der Waals surface area contributed by atoms with E-state index in [4.69, 9.17) is 6.58 Å². The monoisotopic (exact) mass is 1260 g/mol. The summed E-state index contributed by atoms with van der Waals surface area (Å²) in [5, 5.41) is 4.64. The van der Waals surface area contributed by atoms with Crippen LogP contribution in [0.3, 0.4) is 0 Å². The molecule has 0 amide bonds. The van der Waals surface area contributed by atoms with Crippen LogP contribution in [-0.2, 0) is 16.2 Å². The first-order valence-electron chi connectivity index (χ1n) is 34.9. The Balaban J connectivity index is 0.911. The van der Waals surface area contributed by atoms with Gasteiger partial charge in [-0.15, -0.1) is 0 Å². The van der Waals surface area contributed by atoms with Crippen LogP contribution in [0.4, 0.5) is 34.1 Å². The number of hydrogen-bond acceptors (Lipinski definition) is 2. The molecule has 0 N–H and O–H groups in total. The molecule has 0 atom stereocenters. The lowest BCUT2D eigenvalue weighted by atomic mass is 9.81. The standard InChI is InChI=1S/C97H72N2/c1-60-69-30-14-17-33-72(69)73-48-42-63(54-84(60)73)98(66-43-49-77-74-34-20-23-39-87(74)95(2,3)90(77)57-66)64-46-52-82-85(55-64)93(80-37-18-15-31-70(80)61-26-10-8-11-27-61)83-53-47-65(56-86(83)94(82)81-38-19-16-32-71(81)62-28-12-9-13-29-62)99(67-44-50-78-75-35-21-24-40-88(75)96(4,5)91(78)58-67)68-45-51-79-76-36-22-25-41-89(76)97(6,7)92(79)59-68/h8-59H,1H2,2-7H3. The minimum Gasteiger partial charge on any atom is -0.310 e. The maximum atomic E-state index is 4.77. The Morgan fingerprint density at radius 3 is 0.869 bits per heavy atom. The molecule has 99 heavy (non-hydrogen) atoms. The number of nitrogens with zero attached hydrogens (tertiary/aromatic N) is 2. The minimum absolute atomic E-state index is 0.217. The molecule has 0 aromatic heterocycles. The lowest BCUT2D eigenvalue weighted by molar-refractivity contribution is 0.660. The fraction of sp³-hybridized carbons (Fsp3) is 0.0928. The topological polar surface area (TPSA) is 6.48 Å². The predicted octanol–water partition coefficient (Wildman–Crippen LogP) is 26.6. The molecule has 0 bridgehead atoms. The molecule has 15 aromatic rings. The molecule has 0 heterocycles. The Kier molecular flexibility index (Phi) is 12.9. The SMILES string of the molecule is C=C1c2ccccc2-c2ccc(N(c3ccc4c(c3)C(C)(C)c3ccccc3-4)c3ccc4c(-c5ccccc5-c5ccccc5)c5cc(N(c6ccc7c(c6)C(C)(C)c6ccccc6-7)c6ccc7c(c6)C(C)(C)c6ccccc6-7)ccc5c(-c5ccccc5-c5ccccc5)c4c3)cc21. The van der Waals surface area contributed by atoms with Crippen LogP contribution in [0.1, 0.15) is 86.1 Å². The summed E-state index contributed by atoms with van der Waals surface area (Å²) in [7, 11) is 0. The number of hydrogen-bond donors (Lipinski definition) is 0. The Hall–Kier alpha value is -11.8. The molecular formula is C97H72N2. The molecule has 0 unspecified atom stereocenters. The molecule has 0 radical (unpaired) electrons. The van der Waals surface area contributed by atoms with E-state index in [9.17, 15) is 0 Å². The highest BCUT2D eigenvalue weighted by molar-refractivity contribution is 6.25. The first-order valence-corrected chi connectivity index (χ1v) is 34.9. The van der Waals surface area contributed by atoms with Gasteiger partial charge in [0.05, 0.1) is 0 Å². The molecule has 0 aliphatic heterocycles. The quantitative estimate of drug-likeness (QED) is 0.126. The summed E-state index contributed by atoms with van der Waals surface area (Å²) in [4.78, 5) is 5.06. The van der Waals surface area contributed by atoms with E-state index in [0.717, 1.165) is 72.4 Å². The molecule has 2 heteroatoms. The first kappa shape index (κ1) is 58.5. The van der Waals surface area contributed by atoms with E-state index >= 15 is 0 Å². The van der Waals surface area contributed by atoms with Crippen molar-refractivity contribution in [1.82, 2.24) is 0 Å². The number of rotatable bonds is 10. The van der Waals surface area contributed by atoms with E-state index in [1.807, 2.05) is 0 Å². The maximum Gasteiger partial charge on any atom is 0.0468 e. The highest BCUT2D eigenvalue weighted by atomic mass is 15.1. The van der Waals surface area contributed by atoms with Gasteiger partial charge >= 0.3 is 0 Å². The Bertz CT molecular complexity index is 5810. The smallest absolute Gasteiger partial charge is 0.0468 e. The fourth-order valence-corrected chi connectivity index (χ4v) is 17.9. The highest BCUT2D eigenvalue weighted by Gasteiger charge is 2.40. The third-order valence-corrected chi connectivity index (χ3v) is 22.8. The second-order valence-electron chi connectivity index (χ2n) is 29.2. The number of fused-ring (bicyclic) bond motifs is 14. The lowest BCUT2D eigenvalue weighted by Gasteiger charge is -2.31. The number of benzene rings is 15. The van der Waals surface area contributed by atoms with Crippen molar-refractivity contribution in [1.29, 1.82) is 0 Å². The fourth-order valence-electron chi connectivity index (χ4n) is 17.9. The third-order valence-electron chi connectivity index (χ3n) is 22.8. The molecular weight excluding hydrogens is 1190 g/mol. The zero-order chi connectivity index (χ0) is 66.6. The van der Waals surface area contributed by atoms with Crippen LogP contribution in [0.15, 0.2) is 322 Å². The van der Waals surface area contributed by atoms with Crippen molar-refractivity contribution in [2.75, 3.05) is 9.80 Å². The highest BCUT2D eigenvalue weighted by Crippen LogP contribution is 2.58. The zero-order valence-corrected chi connectivity index (χ0v) is 56.6. The van der Waals surface area contributed by atoms with Gasteiger partial charge in [-0.3, -0.25) is 0 Å². The zero-order valence-electron chi connectivity index (χ0n) is 56.6. The van der Waals surface area contributed by atoms with E-state index in [0.29, 0.717) is 0 Å². The summed E-state index contributed by atoms with van der Waals surface area (Å²) in [5.74, 6) is 0. The molecule has 0 saturated heterocycles. The molecule has 15 aromatic carbocycles. The summed E-state index contributed by atoms with van der Waals surface area (Å²) in [5.41, 5.74) is 37.0. The Morgan fingerprint density at radius 1 is 0.202 bits per heavy atom. The average molecular weight is 1270 g/mol. The van der Waals surface area contributed by atoms with Crippen molar-refractivity contribution in [3.8, 4) is 89.0 Å². The van der Waals surface area contributed by atoms with E-state index in [1.165, 1.54) is 122 Å². The van der Waals surface area contributed by atoms with Gasteiger partial charge in [0.2, 0.25) is 0 Å². The Labute approximate surface area is 580 Å². The first-order chi connectivity index (χ1) is 48.3. The summed E-state index contributed by atoms with van der Waals surface area (Å²) < 4.78 is 0. The molecule has 470 valence electrons. The van der Waals surface area contributed by atoms with Crippen molar-refractivity contribution in [3.05, 3.63) is 367 Å². The van der Waals surface area contributed by atoms with Gasteiger partial charge in [0.25, 0.3) is 0 Å². The van der Waals surface area contributed by atoms with E-state index in [1.54, 1.807) is 0 Å².